The number of thiazole rings is 1. The van der Waals surface area contributed by atoms with E-state index in [9.17, 15) is 8.42 Å². The summed E-state index contributed by atoms with van der Waals surface area (Å²) < 4.78 is 26.8. The van der Waals surface area contributed by atoms with Gasteiger partial charge in [0.25, 0.3) is 10.0 Å². The Morgan fingerprint density at radius 2 is 2.05 bits per heavy atom. The van der Waals surface area contributed by atoms with Crippen molar-refractivity contribution in [1.29, 1.82) is 0 Å². The molecule has 0 aliphatic carbocycles. The van der Waals surface area contributed by atoms with Gasteiger partial charge in [-0.05, 0) is 18.9 Å². The Morgan fingerprint density at radius 3 is 2.67 bits per heavy atom. The van der Waals surface area contributed by atoms with Gasteiger partial charge in [-0.15, -0.1) is 11.3 Å². The Morgan fingerprint density at radius 1 is 1.29 bits per heavy atom. The lowest BCUT2D eigenvalue weighted by Gasteiger charge is -2.18. The van der Waals surface area contributed by atoms with Crippen LogP contribution in [0.2, 0.25) is 5.02 Å². The molecule has 0 aromatic carbocycles. The Bertz CT molecular complexity index is 728. The van der Waals surface area contributed by atoms with Gasteiger partial charge in [-0.3, -0.25) is 4.72 Å². The fraction of sp³-hybridized carbons (Fsp3) is 0.333. The van der Waals surface area contributed by atoms with Crippen LogP contribution in [0, 0.1) is 0 Å². The van der Waals surface area contributed by atoms with Crippen molar-refractivity contribution < 1.29 is 8.42 Å². The molecule has 0 radical (unpaired) electrons. The number of hydrogen-bond acceptors (Lipinski definition) is 6. The third kappa shape index (κ3) is 3.12. The molecule has 1 aliphatic heterocycles. The van der Waals surface area contributed by atoms with E-state index in [-0.39, 0.29) is 5.03 Å². The summed E-state index contributed by atoms with van der Waals surface area (Å²) in [5, 5.41) is 2.28. The molecule has 21 heavy (non-hydrogen) atoms. The summed E-state index contributed by atoms with van der Waals surface area (Å²) in [7, 11) is -3.76. The normalized spacial score (nSPS) is 15.4. The lowest BCUT2D eigenvalue weighted by molar-refractivity contribution is 0.597. The number of halogens is 1. The third-order valence-electron chi connectivity index (χ3n) is 3.19. The third-order valence-corrected chi connectivity index (χ3v) is 5.54. The maximum Gasteiger partial charge on any atom is 0.281 e. The molecule has 0 unspecified atom stereocenters. The molecule has 2 aromatic rings. The van der Waals surface area contributed by atoms with E-state index in [1.165, 1.54) is 29.8 Å². The lowest BCUT2D eigenvalue weighted by atomic mass is 10.4. The van der Waals surface area contributed by atoms with Crippen molar-refractivity contribution in [3.05, 3.63) is 28.9 Å². The van der Waals surface area contributed by atoms with Gasteiger partial charge < -0.3 is 4.90 Å². The van der Waals surface area contributed by atoms with E-state index < -0.39 is 10.0 Å². The van der Waals surface area contributed by atoms with Crippen LogP contribution < -0.4 is 9.62 Å². The van der Waals surface area contributed by atoms with Crippen LogP contribution in [-0.4, -0.2) is 31.5 Å². The van der Waals surface area contributed by atoms with E-state index in [4.69, 9.17) is 11.6 Å². The van der Waals surface area contributed by atoms with Crippen molar-refractivity contribution in [2.45, 2.75) is 17.9 Å². The summed E-state index contributed by atoms with van der Waals surface area (Å²) in [6.45, 7) is 1.84. The first-order valence-corrected chi connectivity index (χ1v) is 9.13. The molecule has 6 nitrogen and oxygen atoms in total. The van der Waals surface area contributed by atoms with Crippen LogP contribution in [0.3, 0.4) is 0 Å². The number of nitrogens with one attached hydrogen (secondary N) is 1. The number of nitrogens with zero attached hydrogens (tertiary/aromatic N) is 3. The molecule has 1 N–H and O–H groups in total. The van der Waals surface area contributed by atoms with Crippen LogP contribution in [0.1, 0.15) is 12.8 Å². The van der Waals surface area contributed by atoms with E-state index >= 15 is 0 Å². The van der Waals surface area contributed by atoms with E-state index in [1.54, 1.807) is 5.38 Å². The monoisotopic (exact) mass is 344 g/mol. The molecule has 1 saturated heterocycles. The van der Waals surface area contributed by atoms with Crippen molar-refractivity contribution in [2.75, 3.05) is 22.7 Å². The molecule has 0 spiro atoms. The highest BCUT2D eigenvalue weighted by molar-refractivity contribution is 7.92. The molecule has 112 valence electrons. The zero-order valence-electron chi connectivity index (χ0n) is 11.0. The average Bonchev–Trinajstić information content (AvgIpc) is 3.11. The van der Waals surface area contributed by atoms with E-state index in [0.717, 1.165) is 31.6 Å². The molecule has 0 atom stereocenters. The summed E-state index contributed by atoms with van der Waals surface area (Å²) in [4.78, 5) is 10.0. The minimum absolute atomic E-state index is 0.106. The topological polar surface area (TPSA) is 75.2 Å². The fourth-order valence-corrected chi connectivity index (χ4v) is 4.27. The highest BCUT2D eigenvalue weighted by Gasteiger charge is 2.21. The summed E-state index contributed by atoms with van der Waals surface area (Å²) in [5.41, 5.74) is 0.780. The van der Waals surface area contributed by atoms with Crippen LogP contribution >= 0.6 is 22.9 Å². The fourth-order valence-electron chi connectivity index (χ4n) is 2.18. The zero-order chi connectivity index (χ0) is 14.9. The van der Waals surface area contributed by atoms with Crippen molar-refractivity contribution in [1.82, 2.24) is 9.97 Å². The smallest absolute Gasteiger partial charge is 0.281 e. The molecule has 0 amide bonds. The molecule has 0 bridgehead atoms. The first-order chi connectivity index (χ1) is 10.1. The molecule has 1 aliphatic rings. The first kappa shape index (κ1) is 14.6. The number of pyridine rings is 1. The van der Waals surface area contributed by atoms with E-state index in [1.807, 2.05) is 0 Å². The molecule has 0 saturated carbocycles. The van der Waals surface area contributed by atoms with Gasteiger partial charge in [-0.25, -0.2) is 9.97 Å². The van der Waals surface area contributed by atoms with Gasteiger partial charge in [-0.1, -0.05) is 11.6 Å². The standard InChI is InChI=1S/C12H13ClN4O2S2/c13-9-7-11(15-8-10(9)17-4-1-2-5-17)21(18,19)16-12-14-3-6-20-12/h3,6-8H,1-2,4-5H2,(H,14,16). The predicted molar refractivity (Wildman–Crippen MR) is 83.6 cm³/mol. The quantitative estimate of drug-likeness (QED) is 0.922. The van der Waals surface area contributed by atoms with Crippen LogP contribution in [0.5, 0.6) is 0 Å². The molecular formula is C12H13ClN4O2S2. The first-order valence-electron chi connectivity index (χ1n) is 6.39. The zero-order valence-corrected chi connectivity index (χ0v) is 13.4. The van der Waals surface area contributed by atoms with Gasteiger partial charge in [0, 0.05) is 24.7 Å². The molecule has 3 rings (SSSR count). The predicted octanol–water partition coefficient (Wildman–Crippen LogP) is 2.59. The second kappa shape index (κ2) is 5.78. The van der Waals surface area contributed by atoms with Crippen LogP contribution in [0.4, 0.5) is 10.8 Å². The van der Waals surface area contributed by atoms with Gasteiger partial charge in [0.1, 0.15) is 0 Å². The lowest BCUT2D eigenvalue weighted by Crippen LogP contribution is -2.19. The maximum absolute atomic E-state index is 12.2. The minimum atomic E-state index is -3.76. The second-order valence-electron chi connectivity index (χ2n) is 4.61. The van der Waals surface area contributed by atoms with Crippen LogP contribution in [-0.2, 0) is 10.0 Å². The Balaban J connectivity index is 1.87. The highest BCUT2D eigenvalue weighted by Crippen LogP contribution is 2.30. The maximum atomic E-state index is 12.2. The Kier molecular flexibility index (Phi) is 4.01. The number of hydrogen-bond donors (Lipinski definition) is 1. The van der Waals surface area contributed by atoms with Gasteiger partial charge in [-0.2, -0.15) is 8.42 Å². The largest absolute Gasteiger partial charge is 0.369 e. The number of sulfonamides is 1. The van der Waals surface area contributed by atoms with E-state index in [0.29, 0.717) is 10.2 Å². The molecule has 2 aromatic heterocycles. The second-order valence-corrected chi connectivity index (χ2v) is 7.54. The SMILES string of the molecule is O=S(=O)(Nc1nccs1)c1cc(Cl)c(N2CCCC2)cn1. The van der Waals surface area contributed by atoms with Gasteiger partial charge in [0.05, 0.1) is 16.9 Å². The van der Waals surface area contributed by atoms with E-state index in [2.05, 4.69) is 19.6 Å². The van der Waals surface area contributed by atoms with Gasteiger partial charge in [0.15, 0.2) is 10.2 Å². The van der Waals surface area contributed by atoms with Crippen LogP contribution in [0.25, 0.3) is 0 Å². The van der Waals surface area contributed by atoms with Crippen LogP contribution in [0.15, 0.2) is 28.9 Å². The summed E-state index contributed by atoms with van der Waals surface area (Å²) in [6, 6.07) is 1.38. The Labute approximate surface area is 131 Å². The molecular weight excluding hydrogens is 332 g/mol. The van der Waals surface area contributed by atoms with Crippen molar-refractivity contribution in [2.24, 2.45) is 0 Å². The minimum Gasteiger partial charge on any atom is -0.369 e. The van der Waals surface area contributed by atoms with Gasteiger partial charge >= 0.3 is 0 Å². The van der Waals surface area contributed by atoms with Crippen molar-refractivity contribution >= 4 is 43.8 Å². The number of anilines is 2. The molecule has 3 heterocycles. The molecule has 9 heteroatoms. The summed E-state index contributed by atoms with van der Waals surface area (Å²) >= 11 is 7.41. The Hall–Kier alpha value is -1.38. The van der Waals surface area contributed by atoms with Gasteiger partial charge in [0.2, 0.25) is 0 Å². The highest BCUT2D eigenvalue weighted by atomic mass is 35.5. The van der Waals surface area contributed by atoms with Crippen molar-refractivity contribution in [3.8, 4) is 0 Å². The molecule has 1 fully saturated rings. The summed E-state index contributed by atoms with van der Waals surface area (Å²) in [6.07, 6.45) is 5.27. The van der Waals surface area contributed by atoms with Crippen molar-refractivity contribution in [3.63, 3.8) is 0 Å². The summed E-state index contributed by atoms with van der Waals surface area (Å²) in [5.74, 6) is 0. The number of rotatable bonds is 4. The average molecular weight is 345 g/mol. The number of aromatic nitrogens is 2.